The van der Waals surface area contributed by atoms with Crippen molar-refractivity contribution in [3.63, 3.8) is 0 Å². The molecule has 2 N–H and O–H groups in total. The predicted octanol–water partition coefficient (Wildman–Crippen LogP) is 1.51. The van der Waals surface area contributed by atoms with E-state index in [1.807, 2.05) is 12.1 Å². The Morgan fingerprint density at radius 1 is 1.15 bits per heavy atom. The van der Waals surface area contributed by atoms with Crippen LogP contribution >= 0.6 is 12.2 Å². The molecular formula is C24H37N5O4S. The lowest BCUT2D eigenvalue weighted by atomic mass is 10.1. The quantitative estimate of drug-likeness (QED) is 0.359. The molecule has 0 atom stereocenters. The molecule has 188 valence electrons. The highest BCUT2D eigenvalue weighted by molar-refractivity contribution is 7.80. The lowest BCUT2D eigenvalue weighted by Gasteiger charge is -2.31. The molecule has 9 nitrogen and oxygen atoms in total. The van der Waals surface area contributed by atoms with E-state index < -0.39 is 0 Å². The van der Waals surface area contributed by atoms with E-state index >= 15 is 0 Å². The van der Waals surface area contributed by atoms with Gasteiger partial charge >= 0.3 is 0 Å². The fraction of sp³-hybridized carbons (Fsp3) is 0.583. The largest absolute Gasteiger partial charge is 0.493 e. The molecule has 2 heterocycles. The number of benzene rings is 1. The van der Waals surface area contributed by atoms with E-state index in [-0.39, 0.29) is 5.56 Å². The van der Waals surface area contributed by atoms with Crippen LogP contribution < -0.4 is 20.3 Å². The number of aromatic amines is 1. The topological polar surface area (TPSA) is 82.3 Å². The highest BCUT2D eigenvalue weighted by atomic mass is 32.1. The first kappa shape index (κ1) is 26.2. The summed E-state index contributed by atoms with van der Waals surface area (Å²) < 4.78 is 16.3. The predicted molar refractivity (Wildman–Crippen MR) is 139 cm³/mol. The number of morpholine rings is 1. The van der Waals surface area contributed by atoms with Crippen LogP contribution in [0.3, 0.4) is 0 Å². The van der Waals surface area contributed by atoms with Gasteiger partial charge in [-0.2, -0.15) is 0 Å². The summed E-state index contributed by atoms with van der Waals surface area (Å²) in [5.74, 6) is 1.20. The minimum Gasteiger partial charge on any atom is -0.493 e. The van der Waals surface area contributed by atoms with E-state index in [4.69, 9.17) is 26.4 Å². The van der Waals surface area contributed by atoms with Gasteiger partial charge in [0.1, 0.15) is 0 Å². The number of ether oxygens (including phenoxy) is 3. The monoisotopic (exact) mass is 491 g/mol. The second-order valence-electron chi connectivity index (χ2n) is 8.68. The molecular weight excluding hydrogens is 454 g/mol. The first-order valence-corrected chi connectivity index (χ1v) is 12.1. The lowest BCUT2D eigenvalue weighted by molar-refractivity contribution is 0.0357. The number of fused-ring (bicyclic) bond motifs is 1. The molecule has 1 fully saturated rings. The average molecular weight is 492 g/mol. The number of aromatic nitrogens is 1. The molecule has 1 aromatic carbocycles. The number of methoxy groups -OCH3 is 2. The number of H-pyrrole nitrogens is 1. The fourth-order valence-electron chi connectivity index (χ4n) is 3.94. The van der Waals surface area contributed by atoms with E-state index in [2.05, 4.69) is 39.1 Å². The Hall–Kier alpha value is -2.40. The summed E-state index contributed by atoms with van der Waals surface area (Å²) in [6.07, 6.45) is 0.989. The zero-order valence-electron chi connectivity index (χ0n) is 20.7. The van der Waals surface area contributed by atoms with Gasteiger partial charge in [0.05, 0.1) is 39.5 Å². The number of thiocarbonyl (C=S) groups is 1. The van der Waals surface area contributed by atoms with Gasteiger partial charge in [0.15, 0.2) is 16.6 Å². The molecule has 1 aromatic heterocycles. The van der Waals surface area contributed by atoms with Crippen LogP contribution in [0.15, 0.2) is 23.0 Å². The number of hydrogen-bond acceptors (Lipinski definition) is 7. The summed E-state index contributed by atoms with van der Waals surface area (Å²) in [4.78, 5) is 22.5. The molecule has 0 aliphatic carbocycles. The van der Waals surface area contributed by atoms with Crippen molar-refractivity contribution in [1.29, 1.82) is 0 Å². The number of nitrogens with zero attached hydrogens (tertiary/aromatic N) is 3. The van der Waals surface area contributed by atoms with Gasteiger partial charge in [-0.3, -0.25) is 9.69 Å². The Balaban J connectivity index is 1.77. The second kappa shape index (κ2) is 12.9. The molecule has 0 saturated carbocycles. The summed E-state index contributed by atoms with van der Waals surface area (Å²) >= 11 is 5.74. The molecule has 10 heteroatoms. The number of pyridine rings is 1. The highest BCUT2D eigenvalue weighted by Gasteiger charge is 2.17. The molecule has 1 aliphatic rings. The summed E-state index contributed by atoms with van der Waals surface area (Å²) in [7, 11) is 7.30. The number of nitrogens with one attached hydrogen (secondary N) is 2. The summed E-state index contributed by atoms with van der Waals surface area (Å²) in [6.45, 7) is 7.11. The van der Waals surface area contributed by atoms with Crippen LogP contribution in [0.1, 0.15) is 12.0 Å². The van der Waals surface area contributed by atoms with Crippen molar-refractivity contribution in [2.45, 2.75) is 13.0 Å². The average Bonchev–Trinajstić information content (AvgIpc) is 2.84. The van der Waals surface area contributed by atoms with Crippen molar-refractivity contribution >= 4 is 28.2 Å². The SMILES string of the molecule is COc1cc2cc(CN(CCN3CCOCC3)C(=S)NCCCN(C)C)c(=O)[nH]c2cc1OC. The second-order valence-corrected chi connectivity index (χ2v) is 9.07. The van der Waals surface area contributed by atoms with E-state index in [9.17, 15) is 4.79 Å². The third kappa shape index (κ3) is 7.30. The molecule has 34 heavy (non-hydrogen) atoms. The van der Waals surface area contributed by atoms with E-state index in [1.54, 1.807) is 20.3 Å². The van der Waals surface area contributed by atoms with Crippen LogP contribution in [0, 0.1) is 0 Å². The molecule has 1 saturated heterocycles. The van der Waals surface area contributed by atoms with Gasteiger partial charge in [-0.15, -0.1) is 0 Å². The van der Waals surface area contributed by atoms with Gasteiger partial charge in [0.2, 0.25) is 0 Å². The highest BCUT2D eigenvalue weighted by Crippen LogP contribution is 2.31. The van der Waals surface area contributed by atoms with Crippen LogP contribution in [-0.2, 0) is 11.3 Å². The van der Waals surface area contributed by atoms with Crippen molar-refractivity contribution in [2.75, 3.05) is 80.8 Å². The van der Waals surface area contributed by atoms with Crippen LogP contribution in [0.5, 0.6) is 11.5 Å². The smallest absolute Gasteiger partial charge is 0.253 e. The van der Waals surface area contributed by atoms with Crippen LogP contribution in [-0.4, -0.2) is 106 Å². The summed E-state index contributed by atoms with van der Waals surface area (Å²) in [5.41, 5.74) is 1.22. The van der Waals surface area contributed by atoms with Gasteiger partial charge in [-0.25, -0.2) is 0 Å². The number of hydrogen-bond donors (Lipinski definition) is 2. The Morgan fingerprint density at radius 3 is 2.53 bits per heavy atom. The summed E-state index contributed by atoms with van der Waals surface area (Å²) in [6, 6.07) is 5.57. The molecule has 0 unspecified atom stereocenters. The number of rotatable bonds is 11. The Bertz CT molecular complexity index is 1010. The molecule has 0 spiro atoms. The standard InChI is InChI=1S/C24H37N5O4S/c1-27(2)7-5-6-25-24(34)29(9-8-28-10-12-33-13-11-28)17-19-14-18-15-21(31-3)22(32-4)16-20(18)26-23(19)30/h14-16H,5-13,17H2,1-4H3,(H,25,34)(H,26,30). The third-order valence-electron chi connectivity index (χ3n) is 5.92. The Morgan fingerprint density at radius 2 is 1.85 bits per heavy atom. The van der Waals surface area contributed by atoms with Gasteiger partial charge < -0.3 is 34.3 Å². The lowest BCUT2D eigenvalue weighted by Crippen LogP contribution is -2.46. The molecule has 0 radical (unpaired) electrons. The van der Waals surface area contributed by atoms with Gasteiger partial charge in [-0.05, 0) is 51.4 Å². The molecule has 1 aliphatic heterocycles. The molecule has 2 aromatic rings. The van der Waals surface area contributed by atoms with Crippen LogP contribution in [0.4, 0.5) is 0 Å². The Labute approximate surface area is 206 Å². The van der Waals surface area contributed by atoms with Crippen molar-refractivity contribution in [3.8, 4) is 11.5 Å². The normalized spacial score (nSPS) is 14.4. The molecule has 0 bridgehead atoms. The zero-order valence-corrected chi connectivity index (χ0v) is 21.5. The fourth-order valence-corrected chi connectivity index (χ4v) is 4.20. The van der Waals surface area contributed by atoms with Crippen molar-refractivity contribution < 1.29 is 14.2 Å². The first-order chi connectivity index (χ1) is 16.4. The van der Waals surface area contributed by atoms with Crippen molar-refractivity contribution in [3.05, 3.63) is 34.1 Å². The van der Waals surface area contributed by atoms with Crippen LogP contribution in [0.25, 0.3) is 10.9 Å². The molecule has 3 rings (SSSR count). The van der Waals surface area contributed by atoms with E-state index in [0.717, 1.165) is 64.3 Å². The maximum atomic E-state index is 12.9. The van der Waals surface area contributed by atoms with Crippen molar-refractivity contribution in [1.82, 2.24) is 25.0 Å². The maximum absolute atomic E-state index is 12.9. The van der Waals surface area contributed by atoms with Gasteiger partial charge in [-0.1, -0.05) is 0 Å². The van der Waals surface area contributed by atoms with Crippen molar-refractivity contribution in [2.24, 2.45) is 0 Å². The van der Waals surface area contributed by atoms with Gasteiger partial charge in [0.25, 0.3) is 5.56 Å². The van der Waals surface area contributed by atoms with Gasteiger partial charge in [0, 0.05) is 49.7 Å². The third-order valence-corrected chi connectivity index (χ3v) is 6.32. The minimum atomic E-state index is -0.133. The Kier molecular flexibility index (Phi) is 9.94. The zero-order chi connectivity index (χ0) is 24.5. The maximum Gasteiger partial charge on any atom is 0.253 e. The van der Waals surface area contributed by atoms with E-state index in [0.29, 0.717) is 34.2 Å². The summed E-state index contributed by atoms with van der Waals surface area (Å²) in [5, 5.41) is 4.92. The van der Waals surface area contributed by atoms with Crippen LogP contribution in [0.2, 0.25) is 0 Å². The van der Waals surface area contributed by atoms with E-state index in [1.165, 1.54) is 0 Å². The minimum absolute atomic E-state index is 0.133. The first-order valence-electron chi connectivity index (χ1n) is 11.7. The molecule has 0 amide bonds.